The third kappa shape index (κ3) is 7.71. The zero-order chi connectivity index (χ0) is 31.9. The van der Waals surface area contributed by atoms with E-state index in [9.17, 15) is 22.4 Å². The van der Waals surface area contributed by atoms with Gasteiger partial charge in [-0.3, -0.25) is 13.9 Å². The van der Waals surface area contributed by atoms with Crippen molar-refractivity contribution in [3.8, 4) is 0 Å². The minimum atomic E-state index is -4.21. The van der Waals surface area contributed by atoms with Crippen LogP contribution < -0.4 is 9.62 Å². The third-order valence-electron chi connectivity index (χ3n) is 7.59. The topological polar surface area (TPSA) is 86.8 Å². The van der Waals surface area contributed by atoms with Gasteiger partial charge in [0.15, 0.2) is 0 Å². The van der Waals surface area contributed by atoms with E-state index in [1.807, 2.05) is 51.1 Å². The molecule has 0 fully saturated rings. The Morgan fingerprint density at radius 2 is 1.50 bits per heavy atom. The largest absolute Gasteiger partial charge is 0.355 e. The summed E-state index contributed by atoms with van der Waals surface area (Å²) in [6.45, 7) is 6.91. The molecule has 0 bridgehead atoms. The number of nitrogens with one attached hydrogen (secondary N) is 1. The monoisotopic (exact) mass is 615 g/mol. The summed E-state index contributed by atoms with van der Waals surface area (Å²) in [5, 5.41) is 2.80. The van der Waals surface area contributed by atoms with Crippen molar-refractivity contribution in [1.29, 1.82) is 0 Å². The number of hydrogen-bond donors (Lipinski definition) is 1. The third-order valence-corrected chi connectivity index (χ3v) is 9.38. The minimum absolute atomic E-state index is 0.0272. The lowest BCUT2D eigenvalue weighted by Crippen LogP contribution is -2.53. The summed E-state index contributed by atoms with van der Waals surface area (Å²) < 4.78 is 44.3. The van der Waals surface area contributed by atoms with E-state index >= 15 is 0 Å². The number of hydrogen-bond acceptors (Lipinski definition) is 4. The molecular formula is C35H38FN3O4S. The molecule has 0 unspecified atom stereocenters. The summed E-state index contributed by atoms with van der Waals surface area (Å²) >= 11 is 0. The molecule has 0 radical (unpaired) electrons. The smallest absolute Gasteiger partial charge is 0.264 e. The number of amides is 2. The Labute approximate surface area is 259 Å². The zero-order valence-corrected chi connectivity index (χ0v) is 26.3. The van der Waals surface area contributed by atoms with Gasteiger partial charge in [0.25, 0.3) is 10.0 Å². The maximum absolute atomic E-state index is 15.0. The molecule has 0 aliphatic rings. The second kappa shape index (κ2) is 14.3. The summed E-state index contributed by atoms with van der Waals surface area (Å²) in [6, 6.07) is 25.8. The van der Waals surface area contributed by atoms with Gasteiger partial charge in [0.05, 0.1) is 10.6 Å². The fourth-order valence-corrected chi connectivity index (χ4v) is 6.31. The van der Waals surface area contributed by atoms with E-state index in [4.69, 9.17) is 0 Å². The SMILES string of the molecule is CCNC(=O)[C@@H](Cc1ccccc1)N(Cc1ccccc1F)C(=O)CN(c1ccc(C)c(C)c1)S(=O)(=O)c1ccc(C)cc1. The molecule has 0 saturated carbocycles. The number of nitrogens with zero attached hydrogens (tertiary/aromatic N) is 2. The van der Waals surface area contributed by atoms with Crippen LogP contribution >= 0.6 is 0 Å². The van der Waals surface area contributed by atoms with Crippen molar-refractivity contribution in [2.24, 2.45) is 0 Å². The summed E-state index contributed by atoms with van der Waals surface area (Å²) in [5.74, 6) is -1.59. The summed E-state index contributed by atoms with van der Waals surface area (Å²) in [4.78, 5) is 29.2. The number of carbonyl (C=O) groups excluding carboxylic acids is 2. The molecule has 4 aromatic rings. The van der Waals surface area contributed by atoms with E-state index in [2.05, 4.69) is 5.32 Å². The highest BCUT2D eigenvalue weighted by Crippen LogP contribution is 2.27. The fraction of sp³-hybridized carbons (Fsp3) is 0.257. The Balaban J connectivity index is 1.82. The Kier molecular flexibility index (Phi) is 10.5. The highest BCUT2D eigenvalue weighted by Gasteiger charge is 2.35. The van der Waals surface area contributed by atoms with Crippen molar-refractivity contribution in [1.82, 2.24) is 10.2 Å². The van der Waals surface area contributed by atoms with Crippen LogP contribution in [0, 0.1) is 26.6 Å². The molecule has 4 rings (SSSR count). The Morgan fingerprint density at radius 3 is 2.14 bits per heavy atom. The Hall–Kier alpha value is -4.50. The summed E-state index contributed by atoms with van der Waals surface area (Å²) in [7, 11) is -4.21. The van der Waals surface area contributed by atoms with Crippen molar-refractivity contribution < 1.29 is 22.4 Å². The standard InChI is InChI=1S/C35H38FN3O4S/c1-5-37-35(41)33(22-28-11-7-6-8-12-28)38(23-29-13-9-10-14-32(29)36)34(40)24-39(30-18-17-26(3)27(4)21-30)44(42,43)31-19-15-25(2)16-20-31/h6-21,33H,5,22-24H2,1-4H3,(H,37,41)/t33-/m1/s1. The number of sulfonamides is 1. The van der Waals surface area contributed by atoms with Crippen LogP contribution in [0.5, 0.6) is 0 Å². The predicted molar refractivity (Wildman–Crippen MR) is 171 cm³/mol. The van der Waals surface area contributed by atoms with Crippen molar-refractivity contribution in [3.63, 3.8) is 0 Å². The van der Waals surface area contributed by atoms with Crippen molar-refractivity contribution in [3.05, 3.63) is 131 Å². The highest BCUT2D eigenvalue weighted by atomic mass is 32.2. The molecule has 1 atom stereocenters. The lowest BCUT2D eigenvalue weighted by molar-refractivity contribution is -0.140. The van der Waals surface area contributed by atoms with Gasteiger partial charge < -0.3 is 10.2 Å². The first kappa shape index (κ1) is 32.4. The van der Waals surface area contributed by atoms with Gasteiger partial charge in [0.1, 0.15) is 18.4 Å². The van der Waals surface area contributed by atoms with Gasteiger partial charge in [0, 0.05) is 25.1 Å². The number of halogens is 1. The molecule has 9 heteroatoms. The molecule has 4 aromatic carbocycles. The van der Waals surface area contributed by atoms with E-state index < -0.39 is 40.2 Å². The first-order valence-electron chi connectivity index (χ1n) is 14.5. The average molecular weight is 616 g/mol. The average Bonchev–Trinajstić information content (AvgIpc) is 3.00. The van der Waals surface area contributed by atoms with Crippen LogP contribution in [-0.4, -0.2) is 44.3 Å². The van der Waals surface area contributed by atoms with Crippen LogP contribution in [0.15, 0.2) is 102 Å². The van der Waals surface area contributed by atoms with Gasteiger partial charge in [-0.05, 0) is 74.7 Å². The van der Waals surface area contributed by atoms with Gasteiger partial charge >= 0.3 is 0 Å². The first-order chi connectivity index (χ1) is 21.0. The second-order valence-corrected chi connectivity index (χ2v) is 12.7. The summed E-state index contributed by atoms with van der Waals surface area (Å²) in [5.41, 5.74) is 4.03. The molecule has 0 saturated heterocycles. The van der Waals surface area contributed by atoms with Gasteiger partial charge in [-0.25, -0.2) is 12.8 Å². The van der Waals surface area contributed by atoms with Crippen LogP contribution in [0.1, 0.15) is 34.7 Å². The normalized spacial score (nSPS) is 11.9. The van der Waals surface area contributed by atoms with Gasteiger partial charge in [0.2, 0.25) is 11.8 Å². The number of benzene rings is 4. The number of anilines is 1. The van der Waals surface area contributed by atoms with E-state index in [1.54, 1.807) is 55.5 Å². The van der Waals surface area contributed by atoms with E-state index in [1.165, 1.54) is 23.1 Å². The molecule has 230 valence electrons. The molecule has 0 spiro atoms. The molecular weight excluding hydrogens is 577 g/mol. The molecule has 0 heterocycles. The Bertz CT molecular complexity index is 1710. The predicted octanol–water partition coefficient (Wildman–Crippen LogP) is 5.72. The van der Waals surface area contributed by atoms with E-state index in [0.717, 1.165) is 26.6 Å². The number of carbonyl (C=O) groups is 2. The lowest BCUT2D eigenvalue weighted by atomic mass is 10.0. The van der Waals surface area contributed by atoms with Gasteiger partial charge in [-0.1, -0.05) is 72.3 Å². The molecule has 0 aromatic heterocycles. The second-order valence-electron chi connectivity index (χ2n) is 10.8. The Morgan fingerprint density at radius 1 is 0.841 bits per heavy atom. The highest BCUT2D eigenvalue weighted by molar-refractivity contribution is 7.92. The van der Waals surface area contributed by atoms with Crippen molar-refractivity contribution in [2.45, 2.75) is 51.6 Å². The molecule has 2 amide bonds. The zero-order valence-electron chi connectivity index (χ0n) is 25.5. The molecule has 7 nitrogen and oxygen atoms in total. The number of rotatable bonds is 12. The van der Waals surface area contributed by atoms with Gasteiger partial charge in [-0.15, -0.1) is 0 Å². The maximum Gasteiger partial charge on any atom is 0.264 e. The van der Waals surface area contributed by atoms with Crippen LogP contribution in [0.25, 0.3) is 0 Å². The molecule has 44 heavy (non-hydrogen) atoms. The van der Waals surface area contributed by atoms with Crippen LogP contribution in [0.4, 0.5) is 10.1 Å². The summed E-state index contributed by atoms with van der Waals surface area (Å²) in [6.07, 6.45) is 0.154. The lowest BCUT2D eigenvalue weighted by Gasteiger charge is -2.34. The van der Waals surface area contributed by atoms with Gasteiger partial charge in [-0.2, -0.15) is 0 Å². The van der Waals surface area contributed by atoms with Crippen LogP contribution in [-0.2, 0) is 32.6 Å². The minimum Gasteiger partial charge on any atom is -0.355 e. The van der Waals surface area contributed by atoms with Crippen molar-refractivity contribution >= 4 is 27.5 Å². The van der Waals surface area contributed by atoms with Crippen LogP contribution in [0.2, 0.25) is 0 Å². The first-order valence-corrected chi connectivity index (χ1v) is 16.0. The molecule has 0 aliphatic carbocycles. The molecule has 0 aliphatic heterocycles. The van der Waals surface area contributed by atoms with Crippen molar-refractivity contribution in [2.75, 3.05) is 17.4 Å². The number of aryl methyl sites for hydroxylation is 3. The van der Waals surface area contributed by atoms with Crippen LogP contribution in [0.3, 0.4) is 0 Å². The van der Waals surface area contributed by atoms with E-state index in [0.29, 0.717) is 12.2 Å². The van der Waals surface area contributed by atoms with E-state index in [-0.39, 0.29) is 23.4 Å². The quantitative estimate of drug-likeness (QED) is 0.221. The fourth-order valence-electron chi connectivity index (χ4n) is 4.90. The number of likely N-dealkylation sites (N-methyl/N-ethyl adjacent to an activating group) is 1. The maximum atomic E-state index is 15.0. The molecule has 1 N–H and O–H groups in total.